The highest BCUT2D eigenvalue weighted by Crippen LogP contribution is 1.88. The van der Waals surface area contributed by atoms with Gasteiger partial charge >= 0.3 is 0 Å². The minimum Gasteiger partial charge on any atom is -0.395 e. The molecular weight excluding hydrogens is 138 g/mol. The van der Waals surface area contributed by atoms with E-state index in [2.05, 4.69) is 17.9 Å². The lowest BCUT2D eigenvalue weighted by molar-refractivity contribution is -0.118. The highest BCUT2D eigenvalue weighted by Gasteiger charge is 1.99. The van der Waals surface area contributed by atoms with E-state index in [4.69, 9.17) is 5.11 Å². The van der Waals surface area contributed by atoms with Gasteiger partial charge in [-0.15, -0.1) is 0 Å². The van der Waals surface area contributed by atoms with E-state index in [0.717, 1.165) is 0 Å². The SMILES string of the molecule is CC(=O)NCC(S)CO. The van der Waals surface area contributed by atoms with Crippen LogP contribution >= 0.6 is 12.6 Å². The Labute approximate surface area is 59.9 Å². The molecule has 1 unspecified atom stereocenters. The second-order valence-electron chi connectivity index (χ2n) is 1.77. The van der Waals surface area contributed by atoms with Crippen molar-refractivity contribution in [3.8, 4) is 0 Å². The molecule has 0 fully saturated rings. The van der Waals surface area contributed by atoms with Gasteiger partial charge in [0.15, 0.2) is 0 Å². The molecule has 0 bridgehead atoms. The van der Waals surface area contributed by atoms with Gasteiger partial charge in [0.2, 0.25) is 5.91 Å². The van der Waals surface area contributed by atoms with Crippen LogP contribution < -0.4 is 5.32 Å². The van der Waals surface area contributed by atoms with Crippen molar-refractivity contribution in [1.29, 1.82) is 0 Å². The number of hydrogen-bond donors (Lipinski definition) is 3. The lowest BCUT2D eigenvalue weighted by atomic mass is 10.4. The summed E-state index contributed by atoms with van der Waals surface area (Å²) in [5, 5.41) is 10.8. The molecule has 0 aromatic heterocycles. The van der Waals surface area contributed by atoms with Gasteiger partial charge in [0.05, 0.1) is 6.61 Å². The predicted molar refractivity (Wildman–Crippen MR) is 38.5 cm³/mol. The number of carbonyl (C=O) groups excluding carboxylic acids is 1. The molecule has 1 amide bonds. The van der Waals surface area contributed by atoms with Gasteiger partial charge in [0, 0.05) is 18.7 Å². The van der Waals surface area contributed by atoms with E-state index in [-0.39, 0.29) is 17.8 Å². The second kappa shape index (κ2) is 4.64. The molecule has 4 heteroatoms. The lowest BCUT2D eigenvalue weighted by Crippen LogP contribution is -2.29. The van der Waals surface area contributed by atoms with Crippen LogP contribution in [0.2, 0.25) is 0 Å². The highest BCUT2D eigenvalue weighted by atomic mass is 32.1. The van der Waals surface area contributed by atoms with Gasteiger partial charge in [-0.25, -0.2) is 0 Å². The van der Waals surface area contributed by atoms with Crippen molar-refractivity contribution in [2.75, 3.05) is 13.2 Å². The van der Waals surface area contributed by atoms with Crippen molar-refractivity contribution in [3.63, 3.8) is 0 Å². The van der Waals surface area contributed by atoms with E-state index < -0.39 is 0 Å². The van der Waals surface area contributed by atoms with Gasteiger partial charge in [-0.3, -0.25) is 4.79 Å². The summed E-state index contributed by atoms with van der Waals surface area (Å²) in [4.78, 5) is 10.2. The maximum atomic E-state index is 10.2. The normalized spacial score (nSPS) is 12.8. The second-order valence-corrected chi connectivity index (χ2v) is 2.50. The first-order valence-corrected chi connectivity index (χ1v) is 3.21. The zero-order valence-electron chi connectivity index (χ0n) is 5.29. The van der Waals surface area contributed by atoms with Crippen LogP contribution in [0.3, 0.4) is 0 Å². The number of amides is 1. The van der Waals surface area contributed by atoms with Gasteiger partial charge in [-0.1, -0.05) is 0 Å². The summed E-state index contributed by atoms with van der Waals surface area (Å²) in [6, 6.07) is 0. The molecule has 0 aromatic carbocycles. The van der Waals surface area contributed by atoms with E-state index in [1.165, 1.54) is 6.92 Å². The average molecular weight is 149 g/mol. The lowest BCUT2D eigenvalue weighted by Gasteiger charge is -2.05. The summed E-state index contributed by atoms with van der Waals surface area (Å²) in [7, 11) is 0. The molecular formula is C5H11NO2S. The van der Waals surface area contributed by atoms with Crippen molar-refractivity contribution in [3.05, 3.63) is 0 Å². The minimum absolute atomic E-state index is 0.0105. The Morgan fingerprint density at radius 1 is 1.89 bits per heavy atom. The highest BCUT2D eigenvalue weighted by molar-refractivity contribution is 7.81. The van der Waals surface area contributed by atoms with E-state index in [1.54, 1.807) is 0 Å². The summed E-state index contributed by atoms with van der Waals surface area (Å²) in [6.45, 7) is 1.84. The fourth-order valence-corrected chi connectivity index (χ4v) is 0.417. The van der Waals surface area contributed by atoms with Gasteiger partial charge in [-0.2, -0.15) is 12.6 Å². The van der Waals surface area contributed by atoms with Crippen molar-refractivity contribution >= 4 is 18.5 Å². The van der Waals surface area contributed by atoms with E-state index >= 15 is 0 Å². The molecule has 0 saturated heterocycles. The first-order chi connectivity index (χ1) is 4.16. The van der Waals surface area contributed by atoms with Crippen LogP contribution in [0.5, 0.6) is 0 Å². The Morgan fingerprint density at radius 3 is 2.78 bits per heavy atom. The summed E-state index contributed by atoms with van der Waals surface area (Å²) < 4.78 is 0. The predicted octanol–water partition coefficient (Wildman–Crippen LogP) is -0.587. The van der Waals surface area contributed by atoms with Crippen LogP contribution in [-0.2, 0) is 4.79 Å². The molecule has 0 saturated carbocycles. The Kier molecular flexibility index (Phi) is 4.53. The molecule has 0 aliphatic rings. The molecule has 0 radical (unpaired) electrons. The van der Waals surface area contributed by atoms with Gasteiger partial charge in [0.25, 0.3) is 0 Å². The fourth-order valence-electron chi connectivity index (χ4n) is 0.326. The Hall–Kier alpha value is -0.220. The van der Waals surface area contributed by atoms with Crippen LogP contribution in [0.25, 0.3) is 0 Å². The third kappa shape index (κ3) is 5.65. The minimum atomic E-state index is -0.145. The maximum absolute atomic E-state index is 10.2. The molecule has 2 N–H and O–H groups in total. The third-order valence-electron chi connectivity index (χ3n) is 0.797. The number of nitrogens with one attached hydrogen (secondary N) is 1. The maximum Gasteiger partial charge on any atom is 0.216 e. The van der Waals surface area contributed by atoms with Crippen LogP contribution in [0, 0.1) is 0 Å². The van der Waals surface area contributed by atoms with Crippen LogP contribution in [-0.4, -0.2) is 29.4 Å². The Balaban J connectivity index is 3.16. The van der Waals surface area contributed by atoms with Gasteiger partial charge < -0.3 is 10.4 Å². The molecule has 0 rings (SSSR count). The zero-order valence-corrected chi connectivity index (χ0v) is 6.19. The average Bonchev–Trinajstić information content (AvgIpc) is 1.83. The standard InChI is InChI=1S/C5H11NO2S/c1-4(8)6-2-5(9)3-7/h5,7,9H,2-3H2,1H3,(H,6,8). The number of rotatable bonds is 3. The van der Waals surface area contributed by atoms with Crippen molar-refractivity contribution in [2.45, 2.75) is 12.2 Å². The Bertz CT molecular complexity index is 97.0. The molecule has 0 spiro atoms. The number of aliphatic hydroxyl groups is 1. The van der Waals surface area contributed by atoms with Crippen molar-refractivity contribution in [1.82, 2.24) is 5.32 Å². The molecule has 0 aliphatic heterocycles. The summed E-state index contributed by atoms with van der Waals surface area (Å²) in [6.07, 6.45) is 0. The number of hydrogen-bond acceptors (Lipinski definition) is 3. The van der Waals surface area contributed by atoms with Crippen LogP contribution in [0.4, 0.5) is 0 Å². The number of carbonyl (C=O) groups is 1. The topological polar surface area (TPSA) is 49.3 Å². The van der Waals surface area contributed by atoms with E-state index in [1.807, 2.05) is 0 Å². The monoisotopic (exact) mass is 149 g/mol. The first-order valence-electron chi connectivity index (χ1n) is 2.70. The van der Waals surface area contributed by atoms with Gasteiger partial charge in [0.1, 0.15) is 0 Å². The molecule has 9 heavy (non-hydrogen) atoms. The molecule has 3 nitrogen and oxygen atoms in total. The molecule has 54 valence electrons. The summed E-state index contributed by atoms with van der Waals surface area (Å²) >= 11 is 3.94. The van der Waals surface area contributed by atoms with Crippen LogP contribution in [0.15, 0.2) is 0 Å². The molecule has 0 aliphatic carbocycles. The van der Waals surface area contributed by atoms with Crippen molar-refractivity contribution < 1.29 is 9.90 Å². The largest absolute Gasteiger partial charge is 0.395 e. The Morgan fingerprint density at radius 2 is 2.44 bits per heavy atom. The van der Waals surface area contributed by atoms with Crippen LogP contribution in [0.1, 0.15) is 6.92 Å². The quantitative estimate of drug-likeness (QED) is 0.470. The fraction of sp³-hybridized carbons (Fsp3) is 0.800. The summed E-state index contributed by atoms with van der Waals surface area (Å²) in [5.41, 5.74) is 0. The smallest absolute Gasteiger partial charge is 0.216 e. The number of thiol groups is 1. The van der Waals surface area contributed by atoms with E-state index in [9.17, 15) is 4.79 Å². The van der Waals surface area contributed by atoms with Gasteiger partial charge in [-0.05, 0) is 0 Å². The van der Waals surface area contributed by atoms with Crippen molar-refractivity contribution in [2.24, 2.45) is 0 Å². The molecule has 1 atom stereocenters. The summed E-state index contributed by atoms with van der Waals surface area (Å²) in [5.74, 6) is -0.0949. The first kappa shape index (κ1) is 8.78. The molecule has 0 heterocycles. The van der Waals surface area contributed by atoms with E-state index in [0.29, 0.717) is 6.54 Å². The molecule has 0 aromatic rings. The third-order valence-corrected chi connectivity index (χ3v) is 1.14. The zero-order chi connectivity index (χ0) is 7.28. The number of aliphatic hydroxyl groups excluding tert-OH is 1.